The first kappa shape index (κ1) is 9.64. The van der Waals surface area contributed by atoms with E-state index in [1.165, 1.54) is 12.1 Å². The van der Waals surface area contributed by atoms with Crippen LogP contribution in [-0.4, -0.2) is 23.3 Å². The molecule has 5 heteroatoms. The van der Waals surface area contributed by atoms with Crippen LogP contribution < -0.4 is 5.32 Å². The zero-order valence-corrected chi connectivity index (χ0v) is 8.30. The summed E-state index contributed by atoms with van der Waals surface area (Å²) in [6, 6.07) is 6.74. The summed E-state index contributed by atoms with van der Waals surface area (Å²) in [5.74, 6) is 0.817. The number of nitrogens with one attached hydrogen (secondary N) is 1. The lowest BCUT2D eigenvalue weighted by Gasteiger charge is -2.05. The molecule has 1 aliphatic rings. The van der Waals surface area contributed by atoms with E-state index in [2.05, 4.69) is 10.3 Å². The summed E-state index contributed by atoms with van der Waals surface area (Å²) in [7, 11) is 0. The van der Waals surface area contributed by atoms with E-state index >= 15 is 0 Å². The maximum Gasteiger partial charge on any atom is 0.269 e. The molecule has 1 atom stereocenters. The van der Waals surface area contributed by atoms with Crippen molar-refractivity contribution in [2.24, 2.45) is 4.99 Å². The van der Waals surface area contributed by atoms with E-state index in [0.717, 1.165) is 17.9 Å². The molecule has 78 valence electrons. The highest BCUT2D eigenvalue weighted by Gasteiger charge is 2.14. The second-order valence-electron chi connectivity index (χ2n) is 3.54. The molecular weight excluding hydrogens is 194 g/mol. The number of rotatable bonds is 2. The summed E-state index contributed by atoms with van der Waals surface area (Å²) < 4.78 is 0. The predicted molar refractivity (Wildman–Crippen MR) is 57.1 cm³/mol. The van der Waals surface area contributed by atoms with Gasteiger partial charge in [0.05, 0.1) is 11.5 Å². The first-order valence-electron chi connectivity index (χ1n) is 4.72. The zero-order valence-electron chi connectivity index (χ0n) is 8.30. The zero-order chi connectivity index (χ0) is 10.8. The molecule has 1 aromatic rings. The molecule has 0 amide bonds. The number of hydrogen-bond acceptors (Lipinski definition) is 4. The lowest BCUT2D eigenvalue weighted by Crippen LogP contribution is -2.27. The van der Waals surface area contributed by atoms with Crippen LogP contribution in [0.1, 0.15) is 12.5 Å². The Labute approximate surface area is 87.0 Å². The molecule has 0 saturated heterocycles. The van der Waals surface area contributed by atoms with Crippen LogP contribution in [0, 0.1) is 10.1 Å². The highest BCUT2D eigenvalue weighted by Crippen LogP contribution is 2.13. The lowest BCUT2D eigenvalue weighted by molar-refractivity contribution is -0.384. The summed E-state index contributed by atoms with van der Waals surface area (Å²) in [6.45, 7) is 2.80. The number of aliphatic imine (C=N–C) groups is 1. The van der Waals surface area contributed by atoms with E-state index in [-0.39, 0.29) is 5.69 Å². The third-order valence-corrected chi connectivity index (χ3v) is 2.26. The molecule has 1 unspecified atom stereocenters. The topological polar surface area (TPSA) is 67.5 Å². The van der Waals surface area contributed by atoms with Gasteiger partial charge in [0.25, 0.3) is 5.69 Å². The number of benzene rings is 1. The molecule has 1 aromatic carbocycles. The highest BCUT2D eigenvalue weighted by molar-refractivity contribution is 6.00. The number of nitro groups is 1. The fourth-order valence-electron chi connectivity index (χ4n) is 1.47. The minimum Gasteiger partial charge on any atom is -0.366 e. The van der Waals surface area contributed by atoms with Crippen LogP contribution in [0.4, 0.5) is 5.69 Å². The fraction of sp³-hybridized carbons (Fsp3) is 0.300. The Balaban J connectivity index is 2.21. The van der Waals surface area contributed by atoms with E-state index < -0.39 is 4.92 Å². The summed E-state index contributed by atoms with van der Waals surface area (Å²) in [5, 5.41) is 13.6. The smallest absolute Gasteiger partial charge is 0.269 e. The van der Waals surface area contributed by atoms with Crippen molar-refractivity contribution in [2.75, 3.05) is 6.54 Å². The predicted octanol–water partition coefficient (Wildman–Crippen LogP) is 1.33. The SMILES string of the molecule is CC1CN=C(c2ccc([N+](=O)[O-])cc2)N1. The van der Waals surface area contributed by atoms with Crippen LogP contribution in [0.2, 0.25) is 0 Å². The van der Waals surface area contributed by atoms with Gasteiger partial charge in [0.2, 0.25) is 0 Å². The van der Waals surface area contributed by atoms with Gasteiger partial charge in [-0.15, -0.1) is 0 Å². The molecule has 1 heterocycles. The van der Waals surface area contributed by atoms with Crippen LogP contribution >= 0.6 is 0 Å². The van der Waals surface area contributed by atoms with Crippen molar-refractivity contribution in [3.63, 3.8) is 0 Å². The Morgan fingerprint density at radius 2 is 2.13 bits per heavy atom. The Morgan fingerprint density at radius 3 is 2.60 bits per heavy atom. The Bertz CT molecular complexity index is 411. The molecule has 5 nitrogen and oxygen atoms in total. The molecule has 0 radical (unpaired) electrons. The first-order chi connectivity index (χ1) is 7.16. The van der Waals surface area contributed by atoms with E-state index in [4.69, 9.17) is 0 Å². The largest absolute Gasteiger partial charge is 0.366 e. The molecule has 2 rings (SSSR count). The van der Waals surface area contributed by atoms with Crippen LogP contribution in [0.15, 0.2) is 29.3 Å². The van der Waals surface area contributed by atoms with E-state index in [1.807, 2.05) is 6.92 Å². The van der Waals surface area contributed by atoms with Crippen molar-refractivity contribution in [3.05, 3.63) is 39.9 Å². The average molecular weight is 205 g/mol. The van der Waals surface area contributed by atoms with Crippen molar-refractivity contribution < 1.29 is 4.92 Å². The minimum absolute atomic E-state index is 0.102. The van der Waals surface area contributed by atoms with E-state index in [0.29, 0.717) is 6.04 Å². The second kappa shape index (κ2) is 3.68. The van der Waals surface area contributed by atoms with Crippen molar-refractivity contribution in [2.45, 2.75) is 13.0 Å². The molecule has 0 fully saturated rings. The van der Waals surface area contributed by atoms with Gasteiger partial charge in [-0.2, -0.15) is 0 Å². The van der Waals surface area contributed by atoms with Gasteiger partial charge < -0.3 is 5.32 Å². The highest BCUT2D eigenvalue weighted by atomic mass is 16.6. The second-order valence-corrected chi connectivity index (χ2v) is 3.54. The number of amidine groups is 1. The van der Waals surface area contributed by atoms with Crippen LogP contribution in [0.3, 0.4) is 0 Å². The molecule has 0 saturated carbocycles. The fourth-order valence-corrected chi connectivity index (χ4v) is 1.47. The average Bonchev–Trinajstić information content (AvgIpc) is 2.65. The first-order valence-corrected chi connectivity index (χ1v) is 4.72. The summed E-state index contributed by atoms with van der Waals surface area (Å²) in [5.41, 5.74) is 0.996. The van der Waals surface area contributed by atoms with Gasteiger partial charge in [-0.05, 0) is 19.1 Å². The molecule has 0 spiro atoms. The van der Waals surface area contributed by atoms with Gasteiger partial charge in [-0.1, -0.05) is 0 Å². The van der Waals surface area contributed by atoms with Gasteiger partial charge in [0.15, 0.2) is 0 Å². The number of non-ortho nitro benzene ring substituents is 1. The number of nitro benzene ring substituents is 1. The maximum atomic E-state index is 10.4. The van der Waals surface area contributed by atoms with Gasteiger partial charge in [-0.3, -0.25) is 15.1 Å². The monoisotopic (exact) mass is 205 g/mol. The van der Waals surface area contributed by atoms with Crippen molar-refractivity contribution in [1.82, 2.24) is 5.32 Å². The van der Waals surface area contributed by atoms with E-state index in [1.54, 1.807) is 12.1 Å². The molecule has 0 bridgehead atoms. The van der Waals surface area contributed by atoms with Gasteiger partial charge in [0, 0.05) is 23.7 Å². The normalized spacial score (nSPS) is 19.5. The minimum atomic E-state index is -0.406. The molecule has 1 N–H and O–H groups in total. The van der Waals surface area contributed by atoms with Crippen LogP contribution in [0.5, 0.6) is 0 Å². The van der Waals surface area contributed by atoms with E-state index in [9.17, 15) is 10.1 Å². The van der Waals surface area contributed by atoms with Crippen molar-refractivity contribution in [1.29, 1.82) is 0 Å². The molecule has 15 heavy (non-hydrogen) atoms. The van der Waals surface area contributed by atoms with Crippen molar-refractivity contribution >= 4 is 11.5 Å². The Morgan fingerprint density at radius 1 is 1.47 bits per heavy atom. The quantitative estimate of drug-likeness (QED) is 0.585. The lowest BCUT2D eigenvalue weighted by atomic mass is 10.2. The molecule has 0 aliphatic carbocycles. The standard InChI is InChI=1S/C10H11N3O2/c1-7-6-11-10(12-7)8-2-4-9(5-3-8)13(14)15/h2-5,7H,6H2,1H3,(H,11,12). The summed E-state index contributed by atoms with van der Waals surface area (Å²) in [4.78, 5) is 14.3. The molecule has 1 aliphatic heterocycles. The van der Waals surface area contributed by atoms with Crippen LogP contribution in [-0.2, 0) is 0 Å². The molecular formula is C10H11N3O2. The molecule has 0 aromatic heterocycles. The van der Waals surface area contributed by atoms with Gasteiger partial charge in [0.1, 0.15) is 5.84 Å². The van der Waals surface area contributed by atoms with Crippen molar-refractivity contribution in [3.8, 4) is 0 Å². The third kappa shape index (κ3) is 1.96. The summed E-state index contributed by atoms with van der Waals surface area (Å²) >= 11 is 0. The number of hydrogen-bond donors (Lipinski definition) is 1. The third-order valence-electron chi connectivity index (χ3n) is 2.26. The van der Waals surface area contributed by atoms with Crippen LogP contribution in [0.25, 0.3) is 0 Å². The van der Waals surface area contributed by atoms with Gasteiger partial charge in [-0.25, -0.2) is 0 Å². The maximum absolute atomic E-state index is 10.4. The number of nitrogens with zero attached hydrogens (tertiary/aromatic N) is 2. The Kier molecular flexibility index (Phi) is 2.37. The van der Waals surface area contributed by atoms with Gasteiger partial charge >= 0.3 is 0 Å². The summed E-state index contributed by atoms with van der Waals surface area (Å²) in [6.07, 6.45) is 0. The Hall–Kier alpha value is -1.91.